The maximum Gasteiger partial charge on any atom is 0.168 e. The number of nitrogens with zero attached hydrogens (tertiary/aromatic N) is 1. The van der Waals surface area contributed by atoms with E-state index in [0.29, 0.717) is 24.9 Å². The Hall–Kier alpha value is -2.23. The molecule has 1 aromatic heterocycles. The normalized spacial score (nSPS) is 18.4. The van der Waals surface area contributed by atoms with Crippen molar-refractivity contribution in [2.45, 2.75) is 46.1 Å². The molecule has 0 saturated heterocycles. The van der Waals surface area contributed by atoms with Crippen molar-refractivity contribution in [2.75, 3.05) is 13.2 Å². The number of fused-ring (bicyclic) bond motifs is 3. The number of carbonyl (C=O) groups excluding carboxylic acids is 1. The van der Waals surface area contributed by atoms with Crippen LogP contribution >= 0.6 is 0 Å². The van der Waals surface area contributed by atoms with E-state index >= 15 is 0 Å². The zero-order chi connectivity index (χ0) is 17.6. The van der Waals surface area contributed by atoms with Crippen LogP contribution in [0.25, 0.3) is 11.3 Å². The molecule has 1 aliphatic heterocycles. The summed E-state index contributed by atoms with van der Waals surface area (Å²) >= 11 is 0. The summed E-state index contributed by atoms with van der Waals surface area (Å²) in [6.07, 6.45) is 4.11. The number of carbonyl (C=O) groups is 1. The monoisotopic (exact) mass is 339 g/mol. The second kappa shape index (κ2) is 6.25. The first-order valence-electron chi connectivity index (χ1n) is 9.31. The highest BCUT2D eigenvalue weighted by molar-refractivity contribution is 6.05. The van der Waals surface area contributed by atoms with Gasteiger partial charge in [0.1, 0.15) is 0 Å². The number of hydrogen-bond acceptors (Lipinski definition) is 3. The van der Waals surface area contributed by atoms with Crippen LogP contribution in [0, 0.1) is 5.92 Å². The van der Waals surface area contributed by atoms with E-state index in [9.17, 15) is 4.79 Å². The van der Waals surface area contributed by atoms with Gasteiger partial charge in [-0.1, -0.05) is 6.92 Å². The van der Waals surface area contributed by atoms with Crippen molar-refractivity contribution in [3.8, 4) is 22.8 Å². The summed E-state index contributed by atoms with van der Waals surface area (Å²) in [5.41, 5.74) is 4.26. The van der Waals surface area contributed by atoms with Gasteiger partial charge in [0.05, 0.1) is 18.9 Å². The Bertz CT molecular complexity index is 817. The van der Waals surface area contributed by atoms with Gasteiger partial charge in [-0.3, -0.25) is 4.79 Å². The van der Waals surface area contributed by atoms with Crippen LogP contribution in [0.1, 0.15) is 55.5 Å². The Labute approximate surface area is 148 Å². The molecule has 0 amide bonds. The highest BCUT2D eigenvalue weighted by atomic mass is 16.5. The summed E-state index contributed by atoms with van der Waals surface area (Å²) in [4.78, 5) is 12.7. The summed E-state index contributed by atoms with van der Waals surface area (Å²) in [7, 11) is 0. The third kappa shape index (κ3) is 2.74. The number of benzene rings is 1. The molecule has 1 aromatic carbocycles. The lowest BCUT2D eigenvalue weighted by atomic mass is 9.88. The van der Waals surface area contributed by atoms with E-state index < -0.39 is 0 Å². The first-order chi connectivity index (χ1) is 12.1. The van der Waals surface area contributed by atoms with Gasteiger partial charge in [-0.05, 0) is 56.4 Å². The quantitative estimate of drug-likeness (QED) is 0.719. The molecular formula is C21H25NO3. The summed E-state index contributed by atoms with van der Waals surface area (Å²) < 4.78 is 13.8. The Morgan fingerprint density at radius 1 is 1.16 bits per heavy atom. The molecule has 0 N–H and O–H groups in total. The summed E-state index contributed by atoms with van der Waals surface area (Å²) in [5, 5.41) is 0. The molecule has 4 nitrogen and oxygen atoms in total. The van der Waals surface area contributed by atoms with Crippen LogP contribution in [0.3, 0.4) is 0 Å². The van der Waals surface area contributed by atoms with Gasteiger partial charge in [0.2, 0.25) is 0 Å². The Kier molecular flexibility index (Phi) is 4.06. The number of ether oxygens (including phenoxy) is 2. The number of rotatable bonds is 6. The van der Waals surface area contributed by atoms with Gasteiger partial charge in [0.15, 0.2) is 17.3 Å². The molecule has 25 heavy (non-hydrogen) atoms. The Morgan fingerprint density at radius 2 is 1.84 bits per heavy atom. The first kappa shape index (κ1) is 16.2. The van der Waals surface area contributed by atoms with E-state index in [1.807, 2.05) is 19.9 Å². The molecule has 0 bridgehead atoms. The summed E-state index contributed by atoms with van der Waals surface area (Å²) in [5.74, 6) is 2.44. The molecule has 132 valence electrons. The third-order valence-electron chi connectivity index (χ3n) is 5.15. The van der Waals surface area contributed by atoms with Gasteiger partial charge in [-0.25, -0.2) is 0 Å². The lowest BCUT2D eigenvalue weighted by molar-refractivity contribution is 0.0968. The van der Waals surface area contributed by atoms with Crippen LogP contribution in [-0.4, -0.2) is 23.6 Å². The van der Waals surface area contributed by atoms with Crippen LogP contribution in [0.15, 0.2) is 24.4 Å². The minimum absolute atomic E-state index is 0.226. The SMILES string of the molecule is CCOc1cc2c(cc1OCC)C(C)Cn1ccc(C(=O)C3CC3)c1-2. The van der Waals surface area contributed by atoms with E-state index in [2.05, 4.69) is 29.8 Å². The number of Topliss-reactive ketones (excluding diaryl/α,β-unsaturated/α-hetero) is 1. The van der Waals surface area contributed by atoms with Crippen molar-refractivity contribution < 1.29 is 14.3 Å². The van der Waals surface area contributed by atoms with Gasteiger partial charge in [-0.2, -0.15) is 0 Å². The average molecular weight is 339 g/mol. The fourth-order valence-corrected chi connectivity index (χ4v) is 3.81. The van der Waals surface area contributed by atoms with Gasteiger partial charge < -0.3 is 14.0 Å². The molecule has 0 radical (unpaired) electrons. The second-order valence-electron chi connectivity index (χ2n) is 7.02. The largest absolute Gasteiger partial charge is 0.490 e. The van der Waals surface area contributed by atoms with Crippen LogP contribution in [0.5, 0.6) is 11.5 Å². The third-order valence-corrected chi connectivity index (χ3v) is 5.15. The van der Waals surface area contributed by atoms with Crippen LogP contribution < -0.4 is 9.47 Å². The highest BCUT2D eigenvalue weighted by Gasteiger charge is 2.35. The van der Waals surface area contributed by atoms with Gasteiger partial charge in [0, 0.05) is 29.8 Å². The molecule has 1 saturated carbocycles. The molecule has 1 aliphatic carbocycles. The van der Waals surface area contributed by atoms with Crippen molar-refractivity contribution >= 4 is 5.78 Å². The minimum Gasteiger partial charge on any atom is -0.490 e. The fourth-order valence-electron chi connectivity index (χ4n) is 3.81. The molecule has 1 atom stereocenters. The molecular weight excluding hydrogens is 314 g/mol. The molecule has 4 rings (SSSR count). The molecule has 0 spiro atoms. The maximum absolute atomic E-state index is 12.7. The molecule has 2 aliphatic rings. The van der Waals surface area contributed by atoms with Crippen molar-refractivity contribution in [3.63, 3.8) is 0 Å². The van der Waals surface area contributed by atoms with Crippen LogP contribution in [0.4, 0.5) is 0 Å². The van der Waals surface area contributed by atoms with Gasteiger partial charge in [-0.15, -0.1) is 0 Å². The molecule has 2 aromatic rings. The van der Waals surface area contributed by atoms with E-state index in [1.54, 1.807) is 0 Å². The number of ketones is 1. The van der Waals surface area contributed by atoms with Crippen molar-refractivity contribution in [1.29, 1.82) is 0 Å². The number of hydrogen-bond donors (Lipinski definition) is 0. The number of aromatic nitrogens is 1. The summed E-state index contributed by atoms with van der Waals surface area (Å²) in [6.45, 7) is 8.26. The Balaban J connectivity index is 1.87. The van der Waals surface area contributed by atoms with Gasteiger partial charge in [0.25, 0.3) is 0 Å². The highest BCUT2D eigenvalue weighted by Crippen LogP contribution is 2.45. The lowest BCUT2D eigenvalue weighted by Crippen LogP contribution is -2.16. The van der Waals surface area contributed by atoms with Crippen LogP contribution in [-0.2, 0) is 6.54 Å². The predicted molar refractivity (Wildman–Crippen MR) is 97.7 cm³/mol. The smallest absolute Gasteiger partial charge is 0.168 e. The zero-order valence-electron chi connectivity index (χ0n) is 15.2. The average Bonchev–Trinajstić information content (AvgIpc) is 3.36. The maximum atomic E-state index is 12.7. The van der Waals surface area contributed by atoms with E-state index in [0.717, 1.165) is 47.7 Å². The second-order valence-corrected chi connectivity index (χ2v) is 7.02. The molecule has 1 fully saturated rings. The molecule has 1 unspecified atom stereocenters. The topological polar surface area (TPSA) is 40.5 Å². The zero-order valence-corrected chi connectivity index (χ0v) is 15.2. The van der Waals surface area contributed by atoms with Crippen molar-refractivity contribution in [2.24, 2.45) is 5.92 Å². The van der Waals surface area contributed by atoms with E-state index in [-0.39, 0.29) is 5.92 Å². The molecule has 2 heterocycles. The van der Waals surface area contributed by atoms with Crippen LogP contribution in [0.2, 0.25) is 0 Å². The fraction of sp³-hybridized carbons (Fsp3) is 0.476. The molecule has 4 heteroatoms. The minimum atomic E-state index is 0.226. The van der Waals surface area contributed by atoms with Crippen molar-refractivity contribution in [1.82, 2.24) is 4.57 Å². The van der Waals surface area contributed by atoms with E-state index in [1.165, 1.54) is 5.56 Å². The van der Waals surface area contributed by atoms with E-state index in [4.69, 9.17) is 9.47 Å². The standard InChI is InChI=1S/C21H25NO3/c1-4-24-18-10-16-13(3)12-22-9-8-15(21(23)14-6-7-14)20(22)17(16)11-19(18)25-5-2/h8-11,13-14H,4-7,12H2,1-3H3. The lowest BCUT2D eigenvalue weighted by Gasteiger charge is -2.27. The first-order valence-corrected chi connectivity index (χ1v) is 9.31. The summed E-state index contributed by atoms with van der Waals surface area (Å²) in [6, 6.07) is 6.17. The van der Waals surface area contributed by atoms with Gasteiger partial charge >= 0.3 is 0 Å². The Morgan fingerprint density at radius 3 is 2.48 bits per heavy atom. The van der Waals surface area contributed by atoms with Crippen molar-refractivity contribution in [3.05, 3.63) is 35.5 Å². The predicted octanol–water partition coefficient (Wildman–Crippen LogP) is 4.66.